The molecule has 3 nitrogen and oxygen atoms in total. The van der Waals surface area contributed by atoms with E-state index in [4.69, 9.17) is 17.3 Å². The number of nitrogens with two attached hydrogens (primary N) is 1. The van der Waals surface area contributed by atoms with Crippen LogP contribution in [0.3, 0.4) is 0 Å². The molecule has 88 valence electrons. The van der Waals surface area contributed by atoms with Crippen LogP contribution >= 0.6 is 11.6 Å². The summed E-state index contributed by atoms with van der Waals surface area (Å²) in [6.07, 6.45) is 5.04. The lowest BCUT2D eigenvalue weighted by Gasteiger charge is -2.11. The van der Waals surface area contributed by atoms with Crippen molar-refractivity contribution in [2.24, 2.45) is 5.73 Å². The molecule has 1 unspecified atom stereocenters. The number of hydrogen-bond donors (Lipinski definition) is 1. The maximum absolute atomic E-state index is 13.5. The van der Waals surface area contributed by atoms with Crippen LogP contribution in [0.1, 0.15) is 17.3 Å². The molecule has 0 aliphatic rings. The van der Waals surface area contributed by atoms with Gasteiger partial charge >= 0.3 is 0 Å². The summed E-state index contributed by atoms with van der Waals surface area (Å²) in [5.41, 5.74) is 7.05. The first kappa shape index (κ1) is 12.0. The quantitative estimate of drug-likeness (QED) is 0.912. The van der Waals surface area contributed by atoms with Gasteiger partial charge in [0.1, 0.15) is 5.82 Å². The van der Waals surface area contributed by atoms with Crippen LogP contribution in [0.5, 0.6) is 0 Å². The van der Waals surface area contributed by atoms with Gasteiger partial charge in [-0.2, -0.15) is 0 Å². The van der Waals surface area contributed by atoms with Crippen molar-refractivity contribution in [3.05, 3.63) is 58.9 Å². The van der Waals surface area contributed by atoms with Gasteiger partial charge in [-0.1, -0.05) is 11.6 Å². The fraction of sp³-hybridized carbons (Fsp3) is 0.167. The fourth-order valence-electron chi connectivity index (χ4n) is 1.54. The number of benzene rings is 1. The SMILES string of the molecule is NC(Cc1cc(Cl)ccc1F)c1cnccn1. The van der Waals surface area contributed by atoms with E-state index in [2.05, 4.69) is 9.97 Å². The summed E-state index contributed by atoms with van der Waals surface area (Å²) in [7, 11) is 0. The first-order valence-electron chi connectivity index (χ1n) is 5.12. The van der Waals surface area contributed by atoms with Gasteiger partial charge in [0.2, 0.25) is 0 Å². The number of nitrogens with zero attached hydrogens (tertiary/aromatic N) is 2. The molecule has 0 aliphatic carbocycles. The van der Waals surface area contributed by atoms with Gasteiger partial charge in [0.05, 0.1) is 11.7 Å². The van der Waals surface area contributed by atoms with Crippen molar-refractivity contribution in [1.82, 2.24) is 9.97 Å². The van der Waals surface area contributed by atoms with E-state index in [-0.39, 0.29) is 5.82 Å². The van der Waals surface area contributed by atoms with Crippen molar-refractivity contribution >= 4 is 11.6 Å². The monoisotopic (exact) mass is 251 g/mol. The molecule has 5 heteroatoms. The van der Waals surface area contributed by atoms with Crippen molar-refractivity contribution in [2.45, 2.75) is 12.5 Å². The van der Waals surface area contributed by atoms with E-state index in [1.165, 1.54) is 12.1 Å². The summed E-state index contributed by atoms with van der Waals surface area (Å²) in [5, 5.41) is 0.493. The standard InChI is InChI=1S/C12H11ClFN3/c13-9-1-2-10(14)8(5-9)6-11(15)12-7-16-3-4-17-12/h1-5,7,11H,6,15H2. The molecule has 1 heterocycles. The van der Waals surface area contributed by atoms with Gasteiger partial charge in [-0.25, -0.2) is 4.39 Å². The van der Waals surface area contributed by atoms with Gasteiger partial charge in [0.25, 0.3) is 0 Å². The van der Waals surface area contributed by atoms with E-state index in [1.54, 1.807) is 24.7 Å². The van der Waals surface area contributed by atoms with Crippen LogP contribution in [0, 0.1) is 5.82 Å². The lowest BCUT2D eigenvalue weighted by Crippen LogP contribution is -2.15. The molecule has 0 fully saturated rings. The van der Waals surface area contributed by atoms with Crippen molar-refractivity contribution in [3.63, 3.8) is 0 Å². The van der Waals surface area contributed by atoms with Crippen LogP contribution < -0.4 is 5.73 Å². The third-order valence-electron chi connectivity index (χ3n) is 2.41. The molecule has 0 radical (unpaired) electrons. The molecule has 2 rings (SSSR count). The van der Waals surface area contributed by atoms with Gasteiger partial charge < -0.3 is 5.73 Å². The molecule has 2 aromatic rings. The molecular weight excluding hydrogens is 241 g/mol. The topological polar surface area (TPSA) is 51.8 Å². The van der Waals surface area contributed by atoms with Gasteiger partial charge in [0, 0.05) is 23.6 Å². The zero-order valence-electron chi connectivity index (χ0n) is 8.98. The van der Waals surface area contributed by atoms with E-state index in [1.807, 2.05) is 0 Å². The predicted octanol–water partition coefficient (Wildman–Crippen LogP) is 2.51. The van der Waals surface area contributed by atoms with Crippen molar-refractivity contribution in [3.8, 4) is 0 Å². The van der Waals surface area contributed by atoms with Crippen LogP contribution in [0.25, 0.3) is 0 Å². The highest BCUT2D eigenvalue weighted by atomic mass is 35.5. The molecule has 1 atom stereocenters. The largest absolute Gasteiger partial charge is 0.322 e. The highest BCUT2D eigenvalue weighted by Gasteiger charge is 2.12. The zero-order chi connectivity index (χ0) is 12.3. The number of rotatable bonds is 3. The third-order valence-corrected chi connectivity index (χ3v) is 2.65. The van der Waals surface area contributed by atoms with Gasteiger partial charge in [-0.3, -0.25) is 9.97 Å². The van der Waals surface area contributed by atoms with Crippen LogP contribution in [-0.2, 0) is 6.42 Å². The highest BCUT2D eigenvalue weighted by Crippen LogP contribution is 2.19. The minimum absolute atomic E-state index is 0.311. The van der Waals surface area contributed by atoms with Gasteiger partial charge in [-0.15, -0.1) is 0 Å². The van der Waals surface area contributed by atoms with Gasteiger partial charge in [0.15, 0.2) is 0 Å². The average Bonchev–Trinajstić information content (AvgIpc) is 2.35. The summed E-state index contributed by atoms with van der Waals surface area (Å²) in [4.78, 5) is 8.01. The Morgan fingerprint density at radius 3 is 2.88 bits per heavy atom. The second-order valence-corrected chi connectivity index (χ2v) is 4.11. The lowest BCUT2D eigenvalue weighted by molar-refractivity contribution is 0.589. The Labute approximate surface area is 103 Å². The number of halogens is 2. The smallest absolute Gasteiger partial charge is 0.126 e. The Kier molecular flexibility index (Phi) is 3.66. The van der Waals surface area contributed by atoms with Crippen LogP contribution in [-0.4, -0.2) is 9.97 Å². The van der Waals surface area contributed by atoms with Crippen molar-refractivity contribution in [1.29, 1.82) is 0 Å². The minimum atomic E-state index is -0.392. The summed E-state index contributed by atoms with van der Waals surface area (Å²) >= 11 is 5.81. The predicted molar refractivity (Wildman–Crippen MR) is 64.1 cm³/mol. The maximum atomic E-state index is 13.5. The number of hydrogen-bond acceptors (Lipinski definition) is 3. The first-order valence-corrected chi connectivity index (χ1v) is 5.50. The summed E-state index contributed by atoms with van der Waals surface area (Å²) < 4.78 is 13.5. The fourth-order valence-corrected chi connectivity index (χ4v) is 1.74. The molecular formula is C12H11ClFN3. The van der Waals surface area contributed by atoms with E-state index in [9.17, 15) is 4.39 Å². The van der Waals surface area contributed by atoms with E-state index in [0.29, 0.717) is 22.7 Å². The summed E-state index contributed by atoms with van der Waals surface area (Å²) in [6.45, 7) is 0. The van der Waals surface area contributed by atoms with Crippen LogP contribution in [0.2, 0.25) is 5.02 Å². The Hall–Kier alpha value is -1.52. The summed E-state index contributed by atoms with van der Waals surface area (Å²) in [6, 6.07) is 4.03. The highest BCUT2D eigenvalue weighted by molar-refractivity contribution is 6.30. The summed E-state index contributed by atoms with van der Waals surface area (Å²) in [5.74, 6) is -0.311. The molecule has 0 spiro atoms. The number of aromatic nitrogens is 2. The van der Waals surface area contributed by atoms with Crippen LogP contribution in [0.4, 0.5) is 4.39 Å². The molecule has 0 saturated heterocycles. The van der Waals surface area contributed by atoms with E-state index in [0.717, 1.165) is 0 Å². The minimum Gasteiger partial charge on any atom is -0.322 e. The second-order valence-electron chi connectivity index (χ2n) is 3.68. The molecule has 0 aliphatic heterocycles. The molecule has 17 heavy (non-hydrogen) atoms. The maximum Gasteiger partial charge on any atom is 0.126 e. The van der Waals surface area contributed by atoms with E-state index >= 15 is 0 Å². The Bertz CT molecular complexity index is 504. The second kappa shape index (κ2) is 5.21. The Balaban J connectivity index is 2.18. The molecule has 0 saturated carbocycles. The zero-order valence-corrected chi connectivity index (χ0v) is 9.73. The Morgan fingerprint density at radius 2 is 2.18 bits per heavy atom. The lowest BCUT2D eigenvalue weighted by atomic mass is 10.0. The van der Waals surface area contributed by atoms with Gasteiger partial charge in [-0.05, 0) is 30.2 Å². The first-order chi connectivity index (χ1) is 8.16. The third kappa shape index (κ3) is 2.99. The molecule has 1 aromatic carbocycles. The Morgan fingerprint density at radius 1 is 1.35 bits per heavy atom. The molecule has 1 aromatic heterocycles. The van der Waals surface area contributed by atoms with Crippen molar-refractivity contribution in [2.75, 3.05) is 0 Å². The van der Waals surface area contributed by atoms with E-state index < -0.39 is 6.04 Å². The van der Waals surface area contributed by atoms with Crippen LogP contribution in [0.15, 0.2) is 36.8 Å². The average molecular weight is 252 g/mol. The molecule has 0 amide bonds. The molecule has 2 N–H and O–H groups in total. The molecule has 0 bridgehead atoms. The normalized spacial score (nSPS) is 12.4. The van der Waals surface area contributed by atoms with Crippen molar-refractivity contribution < 1.29 is 4.39 Å².